The second kappa shape index (κ2) is 13.6. The molecule has 42 heavy (non-hydrogen) atoms. The van der Waals surface area contributed by atoms with Gasteiger partial charge in [0.1, 0.15) is 22.8 Å². The predicted octanol–water partition coefficient (Wildman–Crippen LogP) is 8.54. The molecule has 0 bridgehead atoms. The van der Waals surface area contributed by atoms with Gasteiger partial charge in [0.15, 0.2) is 0 Å². The lowest BCUT2D eigenvalue weighted by Gasteiger charge is -2.24. The van der Waals surface area contributed by atoms with Crippen LogP contribution in [0.15, 0.2) is 91.0 Å². The lowest BCUT2D eigenvalue weighted by atomic mass is 10.1. The third-order valence-electron chi connectivity index (χ3n) is 6.05. The fourth-order valence-electron chi connectivity index (χ4n) is 4.20. The molecular formula is C31H24Cl2F3NO5. The number of benzene rings is 4. The minimum absolute atomic E-state index is 0.0223. The van der Waals surface area contributed by atoms with Crippen molar-refractivity contribution in [3.8, 4) is 17.2 Å². The molecule has 0 heterocycles. The van der Waals surface area contributed by atoms with Crippen LogP contribution in [0.2, 0.25) is 10.0 Å². The van der Waals surface area contributed by atoms with Crippen LogP contribution in [0.5, 0.6) is 17.2 Å². The van der Waals surface area contributed by atoms with Gasteiger partial charge in [0.25, 0.3) is 0 Å². The van der Waals surface area contributed by atoms with Crippen molar-refractivity contribution in [1.82, 2.24) is 4.90 Å². The van der Waals surface area contributed by atoms with Gasteiger partial charge < -0.3 is 19.5 Å². The third kappa shape index (κ3) is 9.15. The molecule has 0 fully saturated rings. The van der Waals surface area contributed by atoms with E-state index in [1.165, 1.54) is 24.3 Å². The number of carbonyl (C=O) groups excluding carboxylic acids is 1. The number of ether oxygens (including phenoxy) is 2. The Kier molecular flexibility index (Phi) is 9.98. The molecule has 0 saturated carbocycles. The van der Waals surface area contributed by atoms with E-state index in [4.69, 9.17) is 27.9 Å². The van der Waals surface area contributed by atoms with Crippen molar-refractivity contribution < 1.29 is 37.3 Å². The van der Waals surface area contributed by atoms with Crippen LogP contribution >= 0.6 is 23.2 Å². The van der Waals surface area contributed by atoms with Gasteiger partial charge in [0, 0.05) is 29.6 Å². The quantitative estimate of drug-likeness (QED) is 0.182. The number of carboxylic acids is 1. The Morgan fingerprint density at radius 2 is 1.43 bits per heavy atom. The Morgan fingerprint density at radius 3 is 2.10 bits per heavy atom. The average Bonchev–Trinajstić information content (AvgIpc) is 2.91. The molecular weight excluding hydrogens is 594 g/mol. The van der Waals surface area contributed by atoms with Crippen molar-refractivity contribution in [2.45, 2.75) is 32.3 Å². The molecule has 0 aliphatic heterocycles. The first-order valence-corrected chi connectivity index (χ1v) is 13.4. The number of alkyl halides is 3. The molecule has 0 saturated heterocycles. The number of nitrogens with zero attached hydrogens (tertiary/aromatic N) is 1. The van der Waals surface area contributed by atoms with Crippen LogP contribution < -0.4 is 9.47 Å². The van der Waals surface area contributed by atoms with Crippen molar-refractivity contribution in [2.24, 2.45) is 0 Å². The van der Waals surface area contributed by atoms with Crippen LogP contribution in [-0.2, 0) is 24.3 Å². The van der Waals surface area contributed by atoms with Gasteiger partial charge in [-0.2, -0.15) is 0 Å². The summed E-state index contributed by atoms with van der Waals surface area (Å²) >= 11 is 12.3. The first-order chi connectivity index (χ1) is 19.9. The SMILES string of the molecule is O=C(O)c1ccccc1Oc1ccc(CN(Cc2cc(Cl)cc(Cl)c2)C(=O)CCc2cccc(OC(F)(F)F)c2)cc1. The number of rotatable bonds is 11. The second-order valence-electron chi connectivity index (χ2n) is 9.27. The first-order valence-electron chi connectivity index (χ1n) is 12.6. The van der Waals surface area contributed by atoms with Gasteiger partial charge in [0.2, 0.25) is 5.91 Å². The molecule has 218 valence electrons. The fraction of sp³-hybridized carbons (Fsp3) is 0.161. The van der Waals surface area contributed by atoms with Gasteiger partial charge in [0.05, 0.1) is 0 Å². The maximum atomic E-state index is 13.4. The summed E-state index contributed by atoms with van der Waals surface area (Å²) in [5, 5.41) is 10.2. The molecule has 6 nitrogen and oxygen atoms in total. The zero-order chi connectivity index (χ0) is 30.3. The van der Waals surface area contributed by atoms with Crippen LogP contribution in [0.4, 0.5) is 13.2 Å². The summed E-state index contributed by atoms with van der Waals surface area (Å²) in [6.45, 7) is 0.382. The zero-order valence-corrected chi connectivity index (χ0v) is 23.4. The minimum atomic E-state index is -4.82. The molecule has 1 amide bonds. The third-order valence-corrected chi connectivity index (χ3v) is 6.49. The van der Waals surface area contributed by atoms with E-state index in [0.717, 1.165) is 5.56 Å². The van der Waals surface area contributed by atoms with E-state index in [1.54, 1.807) is 71.6 Å². The highest BCUT2D eigenvalue weighted by Gasteiger charge is 2.31. The number of hydrogen-bond donors (Lipinski definition) is 1. The van der Waals surface area contributed by atoms with Gasteiger partial charge in [-0.15, -0.1) is 13.2 Å². The number of aromatic carboxylic acids is 1. The van der Waals surface area contributed by atoms with Crippen molar-refractivity contribution in [1.29, 1.82) is 0 Å². The van der Waals surface area contributed by atoms with Crippen molar-refractivity contribution in [3.63, 3.8) is 0 Å². The summed E-state index contributed by atoms with van der Waals surface area (Å²) < 4.78 is 47.6. The summed E-state index contributed by atoms with van der Waals surface area (Å²) in [7, 11) is 0. The van der Waals surface area contributed by atoms with E-state index < -0.39 is 12.3 Å². The topological polar surface area (TPSA) is 76.1 Å². The Balaban J connectivity index is 1.49. The smallest absolute Gasteiger partial charge is 0.478 e. The van der Waals surface area contributed by atoms with Gasteiger partial charge in [-0.05, 0) is 77.7 Å². The number of amides is 1. The Hall–Kier alpha value is -4.21. The lowest BCUT2D eigenvalue weighted by molar-refractivity contribution is -0.274. The summed E-state index contributed by atoms with van der Waals surface area (Å²) in [5.41, 5.74) is 2.00. The van der Waals surface area contributed by atoms with Crippen molar-refractivity contribution >= 4 is 35.1 Å². The molecule has 4 rings (SSSR count). The van der Waals surface area contributed by atoms with E-state index in [-0.39, 0.29) is 48.9 Å². The summed E-state index contributed by atoms with van der Waals surface area (Å²) in [4.78, 5) is 26.5. The maximum Gasteiger partial charge on any atom is 0.573 e. The molecule has 4 aromatic rings. The number of halogens is 5. The predicted molar refractivity (Wildman–Crippen MR) is 152 cm³/mol. The summed E-state index contributed by atoms with van der Waals surface area (Å²) in [5.74, 6) is -1.11. The summed E-state index contributed by atoms with van der Waals surface area (Å²) in [6, 6.07) is 23.6. The number of carbonyl (C=O) groups is 2. The van der Waals surface area contributed by atoms with E-state index in [2.05, 4.69) is 4.74 Å². The van der Waals surface area contributed by atoms with Gasteiger partial charge in [-0.25, -0.2) is 4.79 Å². The highest BCUT2D eigenvalue weighted by atomic mass is 35.5. The van der Waals surface area contributed by atoms with Crippen LogP contribution in [0, 0.1) is 0 Å². The molecule has 11 heteroatoms. The molecule has 0 unspecified atom stereocenters. The van der Waals surface area contributed by atoms with E-state index >= 15 is 0 Å². The van der Waals surface area contributed by atoms with Crippen LogP contribution in [0.1, 0.15) is 33.5 Å². The average molecular weight is 618 g/mol. The molecule has 0 atom stereocenters. The molecule has 1 N–H and O–H groups in total. The minimum Gasteiger partial charge on any atom is -0.478 e. The zero-order valence-electron chi connectivity index (χ0n) is 21.9. The Morgan fingerprint density at radius 1 is 0.762 bits per heavy atom. The molecule has 4 aromatic carbocycles. The first kappa shape index (κ1) is 30.7. The largest absolute Gasteiger partial charge is 0.573 e. The number of aryl methyl sites for hydroxylation is 1. The number of carboxylic acid groups (broad SMARTS) is 1. The van der Waals surface area contributed by atoms with Gasteiger partial charge in [-0.3, -0.25) is 4.79 Å². The standard InChI is InChI=1S/C31H24Cl2F3NO5/c32-23-14-22(15-24(33)17-23)19-37(29(38)13-10-20-4-3-5-26(16-20)42-31(34,35)36)18-21-8-11-25(12-9-21)41-28-7-2-1-6-27(28)30(39)40/h1-9,11-12,14-17H,10,13,18-19H2,(H,39,40). The molecule has 0 spiro atoms. The molecule has 0 aromatic heterocycles. The second-order valence-corrected chi connectivity index (χ2v) is 10.1. The van der Waals surface area contributed by atoms with Crippen molar-refractivity contribution in [3.05, 3.63) is 123 Å². The Labute approximate surface area is 249 Å². The van der Waals surface area contributed by atoms with Crippen LogP contribution in [0.25, 0.3) is 0 Å². The van der Waals surface area contributed by atoms with E-state index in [1.807, 2.05) is 0 Å². The van der Waals surface area contributed by atoms with Crippen molar-refractivity contribution in [2.75, 3.05) is 0 Å². The summed E-state index contributed by atoms with van der Waals surface area (Å²) in [6.07, 6.45) is -4.60. The maximum absolute atomic E-state index is 13.4. The normalized spacial score (nSPS) is 11.2. The fourth-order valence-corrected chi connectivity index (χ4v) is 4.78. The lowest BCUT2D eigenvalue weighted by Crippen LogP contribution is -2.30. The van der Waals surface area contributed by atoms with Gasteiger partial charge >= 0.3 is 12.3 Å². The highest BCUT2D eigenvalue weighted by Crippen LogP contribution is 2.27. The number of para-hydroxylation sites is 1. The van der Waals surface area contributed by atoms with E-state index in [9.17, 15) is 27.9 Å². The van der Waals surface area contributed by atoms with Gasteiger partial charge in [-0.1, -0.05) is 59.6 Å². The Bertz CT molecular complexity index is 1540. The van der Waals surface area contributed by atoms with E-state index in [0.29, 0.717) is 26.9 Å². The molecule has 0 radical (unpaired) electrons. The monoisotopic (exact) mass is 617 g/mol. The van der Waals surface area contributed by atoms with Crippen LogP contribution in [-0.4, -0.2) is 28.2 Å². The molecule has 0 aliphatic rings. The number of hydrogen-bond acceptors (Lipinski definition) is 4. The van der Waals surface area contributed by atoms with Crippen LogP contribution in [0.3, 0.4) is 0 Å². The molecule has 0 aliphatic carbocycles. The highest BCUT2D eigenvalue weighted by molar-refractivity contribution is 6.34.